The number of para-hydroxylation sites is 1. The standard InChI is InChI=1S/C44H38N2/c1-31-21-25-36(26-22-31)45(34-13-5-3-6-14-34)42-29-33-30-43(46(35-15-7-4-8-16-35)37-27-23-32(2)24-28-37)39-18-10-12-20-41(39)44(33)40-19-11-9-17-38(40)42/h3-7,10-15,18-30H,8-9,16-17H2,1-2H3. The first-order valence-corrected chi connectivity index (χ1v) is 16.5. The Hall–Kier alpha value is -5.34. The topological polar surface area (TPSA) is 6.48 Å². The van der Waals surface area contributed by atoms with E-state index in [1.165, 1.54) is 77.9 Å². The van der Waals surface area contributed by atoms with Gasteiger partial charge in [0.15, 0.2) is 0 Å². The molecule has 8 rings (SSSR count). The molecule has 224 valence electrons. The molecule has 0 saturated carbocycles. The number of aryl methyl sites for hydroxylation is 2. The van der Waals surface area contributed by atoms with Gasteiger partial charge in [0.2, 0.25) is 0 Å². The zero-order valence-corrected chi connectivity index (χ0v) is 26.6. The number of nitrogens with zero attached hydrogens (tertiary/aromatic N) is 2. The highest BCUT2D eigenvalue weighted by Crippen LogP contribution is 2.47. The average Bonchev–Trinajstić information content (AvgIpc) is 3.11. The molecule has 2 heteroatoms. The third-order valence-corrected chi connectivity index (χ3v) is 9.45. The Bertz CT molecular complexity index is 2150. The van der Waals surface area contributed by atoms with Crippen LogP contribution in [-0.2, 0) is 6.42 Å². The maximum absolute atomic E-state index is 2.49. The molecule has 0 aliphatic heterocycles. The van der Waals surface area contributed by atoms with Crippen molar-refractivity contribution in [3.05, 3.63) is 168 Å². The predicted molar refractivity (Wildman–Crippen MR) is 198 cm³/mol. The van der Waals surface area contributed by atoms with Gasteiger partial charge >= 0.3 is 0 Å². The van der Waals surface area contributed by atoms with E-state index in [1.807, 2.05) is 0 Å². The molecule has 2 aliphatic rings. The van der Waals surface area contributed by atoms with E-state index in [4.69, 9.17) is 0 Å². The molecule has 0 spiro atoms. The molecule has 0 fully saturated rings. The minimum Gasteiger partial charge on any atom is -0.314 e. The smallest absolute Gasteiger partial charge is 0.0543 e. The second kappa shape index (κ2) is 11.9. The van der Waals surface area contributed by atoms with Gasteiger partial charge in [-0.15, -0.1) is 0 Å². The minimum atomic E-state index is 1.00. The number of anilines is 5. The van der Waals surface area contributed by atoms with Crippen molar-refractivity contribution < 1.29 is 0 Å². The van der Waals surface area contributed by atoms with Gasteiger partial charge in [0.25, 0.3) is 0 Å². The molecular formula is C44H38N2. The molecule has 6 aromatic rings. The number of allylic oxidation sites excluding steroid dienone is 5. The molecule has 0 unspecified atom stereocenters. The van der Waals surface area contributed by atoms with E-state index in [9.17, 15) is 0 Å². The maximum atomic E-state index is 2.49. The van der Waals surface area contributed by atoms with Crippen molar-refractivity contribution in [3.8, 4) is 0 Å². The van der Waals surface area contributed by atoms with Crippen LogP contribution in [0.1, 0.15) is 41.5 Å². The van der Waals surface area contributed by atoms with Crippen molar-refractivity contribution in [1.82, 2.24) is 0 Å². The van der Waals surface area contributed by atoms with Crippen molar-refractivity contribution in [2.75, 3.05) is 9.80 Å². The zero-order valence-electron chi connectivity index (χ0n) is 26.6. The quantitative estimate of drug-likeness (QED) is 0.177. The summed E-state index contributed by atoms with van der Waals surface area (Å²) in [6.45, 7) is 4.32. The van der Waals surface area contributed by atoms with Gasteiger partial charge in [0, 0.05) is 28.1 Å². The van der Waals surface area contributed by atoms with E-state index in [1.54, 1.807) is 0 Å². The molecule has 0 amide bonds. The Labute approximate surface area is 272 Å². The molecule has 0 aromatic heterocycles. The first-order valence-electron chi connectivity index (χ1n) is 16.5. The van der Waals surface area contributed by atoms with Crippen LogP contribution in [0.15, 0.2) is 145 Å². The molecule has 6 aromatic carbocycles. The van der Waals surface area contributed by atoms with Crippen LogP contribution in [-0.4, -0.2) is 0 Å². The fourth-order valence-corrected chi connectivity index (χ4v) is 7.20. The summed E-state index contributed by atoms with van der Waals surface area (Å²) in [5.41, 5.74) is 12.6. The van der Waals surface area contributed by atoms with Crippen molar-refractivity contribution >= 4 is 56.1 Å². The van der Waals surface area contributed by atoms with Gasteiger partial charge in [-0.1, -0.05) is 102 Å². The Morgan fingerprint density at radius 3 is 1.85 bits per heavy atom. The first-order chi connectivity index (χ1) is 22.7. The van der Waals surface area contributed by atoms with E-state index >= 15 is 0 Å². The van der Waals surface area contributed by atoms with Crippen LogP contribution in [0.3, 0.4) is 0 Å². The Balaban J connectivity index is 1.45. The molecule has 0 atom stereocenters. The summed E-state index contributed by atoms with van der Waals surface area (Å²) in [5, 5.41) is 5.17. The summed E-state index contributed by atoms with van der Waals surface area (Å²) in [5.74, 6) is 0. The van der Waals surface area contributed by atoms with Crippen molar-refractivity contribution in [2.24, 2.45) is 0 Å². The fourth-order valence-electron chi connectivity index (χ4n) is 7.20. The van der Waals surface area contributed by atoms with Crippen LogP contribution >= 0.6 is 0 Å². The van der Waals surface area contributed by atoms with Crippen LogP contribution in [0.25, 0.3) is 27.6 Å². The summed E-state index contributed by atoms with van der Waals surface area (Å²) < 4.78 is 0. The Kier molecular flexibility index (Phi) is 7.27. The van der Waals surface area contributed by atoms with E-state index in [2.05, 4.69) is 169 Å². The van der Waals surface area contributed by atoms with E-state index in [0.717, 1.165) is 25.7 Å². The summed E-state index contributed by atoms with van der Waals surface area (Å²) in [7, 11) is 0. The summed E-state index contributed by atoms with van der Waals surface area (Å²) in [6.07, 6.45) is 15.6. The van der Waals surface area contributed by atoms with Crippen molar-refractivity contribution in [3.63, 3.8) is 0 Å². The van der Waals surface area contributed by atoms with E-state index < -0.39 is 0 Å². The Morgan fingerprint density at radius 1 is 0.543 bits per heavy atom. The molecule has 0 N–H and O–H groups in total. The number of hydrogen-bond donors (Lipinski definition) is 0. The molecule has 2 aliphatic carbocycles. The Morgan fingerprint density at radius 2 is 1.15 bits per heavy atom. The highest BCUT2D eigenvalue weighted by molar-refractivity contribution is 6.18. The monoisotopic (exact) mass is 594 g/mol. The largest absolute Gasteiger partial charge is 0.314 e. The lowest BCUT2D eigenvalue weighted by Crippen LogP contribution is -2.18. The second-order valence-corrected chi connectivity index (χ2v) is 12.6. The SMILES string of the molecule is Cc1ccc(N(C2=CC=CCC2)c2cc3cc(N(c4ccccc4)c4ccc(C)cc4)c4c(c3c3ccccc23)C=CCC4)cc1. The number of rotatable bonds is 6. The molecule has 0 heterocycles. The molecule has 2 nitrogen and oxygen atoms in total. The van der Waals surface area contributed by atoms with Crippen LogP contribution in [0.4, 0.5) is 28.4 Å². The summed E-state index contributed by atoms with van der Waals surface area (Å²) in [4.78, 5) is 4.95. The van der Waals surface area contributed by atoms with Gasteiger partial charge in [0.1, 0.15) is 0 Å². The van der Waals surface area contributed by atoms with Gasteiger partial charge in [-0.25, -0.2) is 0 Å². The third-order valence-electron chi connectivity index (χ3n) is 9.45. The van der Waals surface area contributed by atoms with E-state index in [0.29, 0.717) is 0 Å². The highest BCUT2D eigenvalue weighted by atomic mass is 15.2. The van der Waals surface area contributed by atoms with Gasteiger partial charge in [0.05, 0.1) is 11.4 Å². The summed E-state index contributed by atoms with van der Waals surface area (Å²) in [6, 6.07) is 42.7. The van der Waals surface area contributed by atoms with Gasteiger partial charge in [-0.3, -0.25) is 0 Å². The lowest BCUT2D eigenvalue weighted by Gasteiger charge is -2.32. The number of fused-ring (bicyclic) bond motifs is 5. The third kappa shape index (κ3) is 5.01. The molecule has 0 bridgehead atoms. The summed E-state index contributed by atoms with van der Waals surface area (Å²) >= 11 is 0. The van der Waals surface area contributed by atoms with Crippen LogP contribution in [0.5, 0.6) is 0 Å². The van der Waals surface area contributed by atoms with Gasteiger partial charge < -0.3 is 9.80 Å². The number of benzene rings is 6. The van der Waals surface area contributed by atoms with Crippen molar-refractivity contribution in [1.29, 1.82) is 0 Å². The normalized spacial score (nSPS) is 13.9. The lowest BCUT2D eigenvalue weighted by molar-refractivity contribution is 0.919. The maximum Gasteiger partial charge on any atom is 0.0543 e. The first kappa shape index (κ1) is 28.2. The second-order valence-electron chi connectivity index (χ2n) is 12.6. The molecule has 0 saturated heterocycles. The van der Waals surface area contributed by atoms with Crippen LogP contribution < -0.4 is 9.80 Å². The average molecular weight is 595 g/mol. The minimum absolute atomic E-state index is 1.00. The van der Waals surface area contributed by atoms with E-state index in [-0.39, 0.29) is 0 Å². The molecular weight excluding hydrogens is 556 g/mol. The predicted octanol–water partition coefficient (Wildman–Crippen LogP) is 12.4. The van der Waals surface area contributed by atoms with Gasteiger partial charge in [-0.05, 0) is 121 Å². The fraction of sp³-hybridized carbons (Fsp3) is 0.136. The number of hydrogen-bond acceptors (Lipinski definition) is 2. The highest BCUT2D eigenvalue weighted by Gasteiger charge is 2.25. The van der Waals surface area contributed by atoms with Gasteiger partial charge in [-0.2, -0.15) is 0 Å². The van der Waals surface area contributed by atoms with Crippen LogP contribution in [0, 0.1) is 13.8 Å². The van der Waals surface area contributed by atoms with Crippen LogP contribution in [0.2, 0.25) is 0 Å². The molecule has 0 radical (unpaired) electrons. The van der Waals surface area contributed by atoms with Crippen molar-refractivity contribution in [2.45, 2.75) is 39.5 Å². The molecule has 46 heavy (non-hydrogen) atoms. The lowest BCUT2D eigenvalue weighted by atomic mass is 9.86. The zero-order chi connectivity index (χ0) is 31.0.